The highest BCUT2D eigenvalue weighted by Gasteiger charge is 2.36. The number of benzene rings is 1. The van der Waals surface area contributed by atoms with Crippen LogP contribution in [0.1, 0.15) is 63.4 Å². The lowest BCUT2D eigenvalue weighted by Crippen LogP contribution is -2.43. The molecular formula is C24H38N2O4. The van der Waals surface area contributed by atoms with Gasteiger partial charge in [-0.3, -0.25) is 9.69 Å². The van der Waals surface area contributed by atoms with Gasteiger partial charge in [0.2, 0.25) is 5.91 Å². The van der Waals surface area contributed by atoms with Crippen molar-refractivity contribution in [2.24, 2.45) is 0 Å². The molecule has 2 N–H and O–H groups in total. The number of amides is 1. The number of carbonyl (C=O) groups excluding carboxylic acids is 1. The quantitative estimate of drug-likeness (QED) is 0.712. The van der Waals surface area contributed by atoms with Crippen LogP contribution in [0, 0.1) is 0 Å². The van der Waals surface area contributed by atoms with E-state index in [0.717, 1.165) is 50.8 Å². The van der Waals surface area contributed by atoms with Gasteiger partial charge in [-0.1, -0.05) is 31.4 Å². The fraction of sp³-hybridized carbons (Fsp3) is 0.708. The van der Waals surface area contributed by atoms with Crippen LogP contribution in [0.2, 0.25) is 0 Å². The van der Waals surface area contributed by atoms with Crippen LogP contribution in [0.25, 0.3) is 0 Å². The number of carbonyl (C=O) groups is 1. The van der Waals surface area contributed by atoms with Crippen LogP contribution in [0.4, 0.5) is 0 Å². The van der Waals surface area contributed by atoms with Crippen molar-refractivity contribution in [1.82, 2.24) is 9.80 Å². The second-order valence-corrected chi connectivity index (χ2v) is 9.44. The predicted octanol–water partition coefficient (Wildman–Crippen LogP) is 2.96. The first-order valence-electron chi connectivity index (χ1n) is 11.3. The number of nitrogens with zero attached hydrogens (tertiary/aromatic N) is 2. The Balaban J connectivity index is 1.50. The second-order valence-electron chi connectivity index (χ2n) is 9.44. The third-order valence-corrected chi connectivity index (χ3v) is 6.71. The molecule has 2 aliphatic rings. The molecule has 2 fully saturated rings. The molecule has 0 bridgehead atoms. The van der Waals surface area contributed by atoms with Crippen molar-refractivity contribution in [3.8, 4) is 5.75 Å². The number of aliphatic hydroxyl groups is 2. The number of ether oxygens (including phenoxy) is 1. The zero-order chi connectivity index (χ0) is 21.6. The molecule has 1 aromatic rings. The van der Waals surface area contributed by atoms with Gasteiger partial charge in [0.05, 0.1) is 24.7 Å². The summed E-state index contributed by atoms with van der Waals surface area (Å²) in [7, 11) is 3.68. The maximum absolute atomic E-state index is 12.8. The zero-order valence-electron chi connectivity index (χ0n) is 18.6. The van der Waals surface area contributed by atoms with Gasteiger partial charge in [0, 0.05) is 26.2 Å². The normalized spacial score (nSPS) is 24.5. The van der Waals surface area contributed by atoms with E-state index in [0.29, 0.717) is 32.5 Å². The number of hydrogen-bond acceptors (Lipinski definition) is 5. The average Bonchev–Trinajstić information content (AvgIpc) is 2.90. The van der Waals surface area contributed by atoms with E-state index in [4.69, 9.17) is 4.74 Å². The van der Waals surface area contributed by atoms with Crippen molar-refractivity contribution in [3.05, 3.63) is 29.8 Å². The molecule has 1 saturated carbocycles. The maximum atomic E-state index is 12.8. The van der Waals surface area contributed by atoms with Crippen LogP contribution in [-0.2, 0) is 11.3 Å². The minimum absolute atomic E-state index is 0.0373. The predicted molar refractivity (Wildman–Crippen MR) is 117 cm³/mol. The topological polar surface area (TPSA) is 73.2 Å². The Morgan fingerprint density at radius 1 is 1.00 bits per heavy atom. The molecule has 6 heteroatoms. The highest BCUT2D eigenvalue weighted by Crippen LogP contribution is 2.32. The zero-order valence-corrected chi connectivity index (χ0v) is 18.6. The summed E-state index contributed by atoms with van der Waals surface area (Å²) in [5.41, 5.74) is -0.442. The van der Waals surface area contributed by atoms with Crippen molar-refractivity contribution in [3.63, 3.8) is 0 Å². The summed E-state index contributed by atoms with van der Waals surface area (Å²) in [6.45, 7) is 2.55. The van der Waals surface area contributed by atoms with Gasteiger partial charge in [-0.15, -0.1) is 0 Å². The number of hydrogen-bond donors (Lipinski definition) is 2. The van der Waals surface area contributed by atoms with E-state index in [1.54, 1.807) is 7.11 Å². The molecule has 30 heavy (non-hydrogen) atoms. The largest absolute Gasteiger partial charge is 0.497 e. The summed E-state index contributed by atoms with van der Waals surface area (Å²) in [5.74, 6) is 0.877. The summed E-state index contributed by atoms with van der Waals surface area (Å²) in [6.07, 6.45) is 6.89. The van der Waals surface area contributed by atoms with Crippen molar-refractivity contribution in [2.75, 3.05) is 33.8 Å². The third-order valence-electron chi connectivity index (χ3n) is 6.71. The minimum atomic E-state index is -0.823. The Kier molecular flexibility index (Phi) is 7.77. The van der Waals surface area contributed by atoms with Crippen molar-refractivity contribution >= 4 is 5.91 Å². The summed E-state index contributed by atoms with van der Waals surface area (Å²) in [6, 6.07) is 7.99. The molecule has 1 atom stereocenters. The van der Waals surface area contributed by atoms with E-state index in [1.165, 1.54) is 5.56 Å². The van der Waals surface area contributed by atoms with Crippen LogP contribution < -0.4 is 4.74 Å². The standard InChI is InChI=1S/C24H38N2O4/c1-25(18-20-7-9-21(30-2)10-8-20)19-24(29)13-6-15-26(16-14-24)22(27)17-23(28)11-4-3-5-12-23/h7-10,28-29H,3-6,11-19H2,1-2H3/t24-/m1/s1. The van der Waals surface area contributed by atoms with Crippen LogP contribution in [-0.4, -0.2) is 70.9 Å². The summed E-state index contributed by atoms with van der Waals surface area (Å²) in [5, 5.41) is 21.9. The van der Waals surface area contributed by atoms with E-state index in [1.807, 2.05) is 36.2 Å². The van der Waals surface area contributed by atoms with Crippen LogP contribution >= 0.6 is 0 Å². The number of methoxy groups -OCH3 is 1. The molecule has 1 amide bonds. The van der Waals surface area contributed by atoms with E-state index in [2.05, 4.69) is 4.90 Å². The molecule has 0 spiro atoms. The summed E-state index contributed by atoms with van der Waals surface area (Å²) in [4.78, 5) is 16.8. The maximum Gasteiger partial charge on any atom is 0.225 e. The minimum Gasteiger partial charge on any atom is -0.497 e. The molecule has 0 aromatic heterocycles. The average molecular weight is 419 g/mol. The fourth-order valence-corrected chi connectivity index (χ4v) is 4.97. The molecular weight excluding hydrogens is 380 g/mol. The molecule has 1 aliphatic carbocycles. The smallest absolute Gasteiger partial charge is 0.225 e. The lowest BCUT2D eigenvalue weighted by Gasteiger charge is -2.34. The lowest BCUT2D eigenvalue weighted by atomic mass is 9.82. The molecule has 168 valence electrons. The van der Waals surface area contributed by atoms with Gasteiger partial charge in [0.15, 0.2) is 0 Å². The molecule has 1 aromatic carbocycles. The highest BCUT2D eigenvalue weighted by molar-refractivity contribution is 5.77. The van der Waals surface area contributed by atoms with Gasteiger partial charge >= 0.3 is 0 Å². The first-order chi connectivity index (χ1) is 14.3. The second kappa shape index (κ2) is 10.1. The summed E-state index contributed by atoms with van der Waals surface area (Å²) < 4.78 is 5.21. The van der Waals surface area contributed by atoms with Crippen molar-refractivity contribution in [2.45, 2.75) is 75.5 Å². The SMILES string of the molecule is COc1ccc(CN(C)C[C@@]2(O)CCCN(C(=O)CC3(O)CCCCC3)CC2)cc1. The van der Waals surface area contributed by atoms with Crippen molar-refractivity contribution in [1.29, 1.82) is 0 Å². The first-order valence-corrected chi connectivity index (χ1v) is 11.3. The highest BCUT2D eigenvalue weighted by atomic mass is 16.5. The van der Waals surface area contributed by atoms with Crippen molar-refractivity contribution < 1.29 is 19.7 Å². The van der Waals surface area contributed by atoms with Crippen LogP contribution in [0.3, 0.4) is 0 Å². The molecule has 0 radical (unpaired) electrons. The third kappa shape index (κ3) is 6.43. The van der Waals surface area contributed by atoms with E-state index in [9.17, 15) is 15.0 Å². The molecule has 1 aliphatic heterocycles. The number of rotatable bonds is 7. The molecule has 1 heterocycles. The van der Waals surface area contributed by atoms with Gasteiger partial charge < -0.3 is 19.8 Å². The monoisotopic (exact) mass is 418 g/mol. The van der Waals surface area contributed by atoms with Crippen LogP contribution in [0.15, 0.2) is 24.3 Å². The van der Waals surface area contributed by atoms with Gasteiger partial charge in [0.1, 0.15) is 5.75 Å². The molecule has 6 nitrogen and oxygen atoms in total. The molecule has 3 rings (SSSR count). The van der Waals surface area contributed by atoms with E-state index < -0.39 is 11.2 Å². The lowest BCUT2D eigenvalue weighted by molar-refractivity contribution is -0.138. The van der Waals surface area contributed by atoms with E-state index in [-0.39, 0.29) is 12.3 Å². The molecule has 1 saturated heterocycles. The van der Waals surface area contributed by atoms with Gasteiger partial charge in [-0.25, -0.2) is 0 Å². The summed E-state index contributed by atoms with van der Waals surface area (Å²) >= 11 is 0. The molecule has 0 unspecified atom stereocenters. The Bertz CT molecular complexity index is 687. The Morgan fingerprint density at radius 3 is 2.33 bits per heavy atom. The number of likely N-dealkylation sites (tertiary alicyclic amines) is 1. The van der Waals surface area contributed by atoms with Gasteiger partial charge in [-0.2, -0.15) is 0 Å². The van der Waals surface area contributed by atoms with Gasteiger partial charge in [0.25, 0.3) is 0 Å². The number of likely N-dealkylation sites (N-methyl/N-ethyl adjacent to an activating group) is 1. The van der Waals surface area contributed by atoms with Gasteiger partial charge in [-0.05, 0) is 56.8 Å². The fourth-order valence-electron chi connectivity index (χ4n) is 4.97. The van der Waals surface area contributed by atoms with E-state index >= 15 is 0 Å². The Morgan fingerprint density at radius 2 is 1.67 bits per heavy atom. The van der Waals surface area contributed by atoms with Crippen LogP contribution in [0.5, 0.6) is 5.75 Å². The first kappa shape index (κ1) is 23.0. The Labute approximate surface area is 180 Å². The Hall–Kier alpha value is -1.63.